The van der Waals surface area contributed by atoms with Crippen LogP contribution < -0.4 is 4.90 Å². The first-order chi connectivity index (χ1) is 18.8. The van der Waals surface area contributed by atoms with E-state index in [0.29, 0.717) is 50.3 Å². The lowest BCUT2D eigenvalue weighted by molar-refractivity contribution is -0.143. The number of carbonyl (C=O) groups excluding carboxylic acids is 2. The number of nitrogens with zero attached hydrogens (tertiary/aromatic N) is 2. The van der Waals surface area contributed by atoms with Crippen LogP contribution in [0.5, 0.6) is 0 Å². The lowest BCUT2D eigenvalue weighted by Crippen LogP contribution is -2.49. The summed E-state index contributed by atoms with van der Waals surface area (Å²) in [5.41, 5.74) is 0.373. The number of rotatable bonds is 7. The minimum Gasteiger partial charge on any atom is -0.368 e. The summed E-state index contributed by atoms with van der Waals surface area (Å²) < 4.78 is 78.6. The minimum atomic E-state index is -4.96. The zero-order valence-corrected chi connectivity index (χ0v) is 21.8. The first kappa shape index (κ1) is 29.2. The number of aryl methyl sites for hydroxylation is 1. The number of benzene rings is 3. The third-order valence-electron chi connectivity index (χ3n) is 6.99. The van der Waals surface area contributed by atoms with Crippen LogP contribution in [0.2, 0.25) is 0 Å². The van der Waals surface area contributed by atoms with Crippen molar-refractivity contribution in [1.29, 1.82) is 0 Å². The average Bonchev–Trinajstić information content (AvgIpc) is 2.89. The summed E-state index contributed by atoms with van der Waals surface area (Å²) in [6.45, 7) is 4.39. The Bertz CT molecular complexity index is 1330. The third-order valence-corrected chi connectivity index (χ3v) is 6.99. The number of Topliss-reactive ketones (excluding diaryl/α,β-unsaturated/α-hetero) is 1. The molecule has 4 rings (SSSR count). The Hall–Kier alpha value is -3.82. The summed E-state index contributed by atoms with van der Waals surface area (Å²) in [5.74, 6) is -0.424. The lowest BCUT2D eigenvalue weighted by Gasteiger charge is -2.36. The molecule has 40 heavy (non-hydrogen) atoms. The van der Waals surface area contributed by atoms with Gasteiger partial charge in [0.05, 0.1) is 17.5 Å². The van der Waals surface area contributed by atoms with Crippen LogP contribution >= 0.6 is 0 Å². The molecule has 4 nitrogen and oxygen atoms in total. The molecule has 0 N–H and O–H groups in total. The lowest BCUT2D eigenvalue weighted by atomic mass is 9.98. The Labute approximate surface area is 228 Å². The molecule has 3 aromatic carbocycles. The number of piperazine rings is 1. The van der Waals surface area contributed by atoms with Gasteiger partial charge in [-0.15, -0.1) is 0 Å². The van der Waals surface area contributed by atoms with Crippen LogP contribution in [0.3, 0.4) is 0 Å². The molecule has 1 amide bonds. The van der Waals surface area contributed by atoms with E-state index in [1.54, 1.807) is 12.1 Å². The Morgan fingerprint density at radius 3 is 1.80 bits per heavy atom. The highest BCUT2D eigenvalue weighted by atomic mass is 19.4. The van der Waals surface area contributed by atoms with E-state index in [9.17, 15) is 35.9 Å². The molecule has 0 aliphatic carbocycles. The first-order valence-electron chi connectivity index (χ1n) is 12.8. The summed E-state index contributed by atoms with van der Waals surface area (Å²) >= 11 is 0. The van der Waals surface area contributed by atoms with Gasteiger partial charge in [0.1, 0.15) is 5.78 Å². The molecule has 212 valence electrons. The van der Waals surface area contributed by atoms with Gasteiger partial charge < -0.3 is 9.80 Å². The van der Waals surface area contributed by atoms with Crippen molar-refractivity contribution in [2.45, 2.75) is 38.5 Å². The van der Waals surface area contributed by atoms with E-state index in [4.69, 9.17) is 0 Å². The van der Waals surface area contributed by atoms with Crippen molar-refractivity contribution in [3.8, 4) is 0 Å². The van der Waals surface area contributed by atoms with Crippen LogP contribution in [0.25, 0.3) is 0 Å². The number of hydrogen-bond donors (Lipinski definition) is 0. The molecule has 1 heterocycles. The molecule has 1 aliphatic heterocycles. The Morgan fingerprint density at radius 2 is 1.25 bits per heavy atom. The summed E-state index contributed by atoms with van der Waals surface area (Å²) in [7, 11) is 0. The first-order valence-corrected chi connectivity index (χ1v) is 12.8. The predicted octanol–water partition coefficient (Wildman–Crippen LogP) is 6.28. The fourth-order valence-electron chi connectivity index (χ4n) is 4.76. The van der Waals surface area contributed by atoms with Gasteiger partial charge in [0.25, 0.3) is 0 Å². The Balaban J connectivity index is 1.33. The van der Waals surface area contributed by atoms with Gasteiger partial charge in [0.2, 0.25) is 5.91 Å². The second kappa shape index (κ2) is 11.7. The van der Waals surface area contributed by atoms with Gasteiger partial charge >= 0.3 is 12.4 Å². The van der Waals surface area contributed by atoms with E-state index in [1.165, 1.54) is 0 Å². The summed E-state index contributed by atoms with van der Waals surface area (Å²) in [6, 6.07) is 16.1. The van der Waals surface area contributed by atoms with Crippen molar-refractivity contribution in [3.05, 3.63) is 100 Å². The van der Waals surface area contributed by atoms with Crippen molar-refractivity contribution in [1.82, 2.24) is 4.90 Å². The quantitative estimate of drug-likeness (QED) is 0.319. The molecule has 1 fully saturated rings. The largest absolute Gasteiger partial charge is 0.416 e. The molecule has 1 saturated heterocycles. The van der Waals surface area contributed by atoms with Crippen LogP contribution in [-0.2, 0) is 41.2 Å². The van der Waals surface area contributed by atoms with Gasteiger partial charge in [-0.1, -0.05) is 36.4 Å². The zero-order valence-electron chi connectivity index (χ0n) is 21.8. The zero-order chi connectivity index (χ0) is 29.1. The fraction of sp³-hybridized carbons (Fsp3) is 0.333. The van der Waals surface area contributed by atoms with Crippen LogP contribution in [0.4, 0.5) is 32.0 Å². The Kier molecular flexibility index (Phi) is 8.56. The number of hydrogen-bond acceptors (Lipinski definition) is 3. The van der Waals surface area contributed by atoms with Crippen LogP contribution in [-0.4, -0.2) is 42.8 Å². The molecule has 0 unspecified atom stereocenters. The standard InChI is InChI=1S/C30H28F6N2O2/c1-20-4-2-3-5-23(20)18-28(40)38-12-10-37(11-13-38)26-8-6-21(7-9-26)16-27(39)17-22-14-24(29(31,32)33)19-25(15-22)30(34,35)36/h2-9,14-15,19H,10-13,16-18H2,1H3. The number of alkyl halides is 6. The molecule has 0 radical (unpaired) electrons. The fourth-order valence-corrected chi connectivity index (χ4v) is 4.76. The maximum Gasteiger partial charge on any atom is 0.416 e. The van der Waals surface area contributed by atoms with Crippen molar-refractivity contribution < 1.29 is 35.9 Å². The van der Waals surface area contributed by atoms with Crippen LogP contribution in [0.15, 0.2) is 66.7 Å². The topological polar surface area (TPSA) is 40.6 Å². The molecular formula is C30H28F6N2O2. The van der Waals surface area contributed by atoms with E-state index in [0.717, 1.165) is 16.8 Å². The van der Waals surface area contributed by atoms with Crippen LogP contribution in [0, 0.1) is 6.92 Å². The summed E-state index contributed by atoms with van der Waals surface area (Å²) in [5, 5.41) is 0. The van der Waals surface area contributed by atoms with Gasteiger partial charge in [0.15, 0.2) is 0 Å². The van der Waals surface area contributed by atoms with E-state index in [-0.39, 0.29) is 24.0 Å². The maximum atomic E-state index is 13.1. The molecule has 0 bridgehead atoms. The maximum absolute atomic E-state index is 13.1. The normalized spacial score (nSPS) is 14.4. The highest BCUT2D eigenvalue weighted by molar-refractivity contribution is 5.83. The van der Waals surface area contributed by atoms with Crippen molar-refractivity contribution in [2.75, 3.05) is 31.1 Å². The van der Waals surface area contributed by atoms with Crippen molar-refractivity contribution in [3.63, 3.8) is 0 Å². The van der Waals surface area contributed by atoms with E-state index in [1.807, 2.05) is 48.2 Å². The molecule has 0 aromatic heterocycles. The van der Waals surface area contributed by atoms with Crippen LogP contribution in [0.1, 0.15) is 33.4 Å². The van der Waals surface area contributed by atoms with E-state index in [2.05, 4.69) is 4.90 Å². The smallest absolute Gasteiger partial charge is 0.368 e. The number of amides is 1. The van der Waals surface area contributed by atoms with Gasteiger partial charge in [-0.3, -0.25) is 9.59 Å². The molecule has 1 aliphatic rings. The number of anilines is 1. The average molecular weight is 563 g/mol. The molecule has 3 aromatic rings. The predicted molar refractivity (Wildman–Crippen MR) is 139 cm³/mol. The van der Waals surface area contributed by atoms with E-state index < -0.39 is 35.7 Å². The highest BCUT2D eigenvalue weighted by Gasteiger charge is 2.37. The minimum absolute atomic E-state index is 0.0483. The summed E-state index contributed by atoms with van der Waals surface area (Å²) in [4.78, 5) is 29.2. The van der Waals surface area contributed by atoms with Gasteiger partial charge in [-0.25, -0.2) is 0 Å². The second-order valence-electron chi connectivity index (χ2n) is 9.94. The summed E-state index contributed by atoms with van der Waals surface area (Å²) in [6.07, 6.45) is -10.2. The SMILES string of the molecule is Cc1ccccc1CC(=O)N1CCN(c2ccc(CC(=O)Cc3cc(C(F)(F)F)cc(C(F)(F)F)c3)cc2)CC1. The highest BCUT2D eigenvalue weighted by Crippen LogP contribution is 2.36. The third kappa shape index (κ3) is 7.43. The molecule has 0 spiro atoms. The number of carbonyl (C=O) groups is 2. The number of ketones is 1. The molecular weight excluding hydrogens is 534 g/mol. The van der Waals surface area contributed by atoms with Crippen molar-refractivity contribution >= 4 is 17.4 Å². The molecule has 0 saturated carbocycles. The van der Waals surface area contributed by atoms with Crippen molar-refractivity contribution in [2.24, 2.45) is 0 Å². The van der Waals surface area contributed by atoms with Gasteiger partial charge in [-0.2, -0.15) is 26.3 Å². The van der Waals surface area contributed by atoms with E-state index >= 15 is 0 Å². The second-order valence-corrected chi connectivity index (χ2v) is 9.94. The van der Waals surface area contributed by atoms with Gasteiger partial charge in [-0.05, 0) is 59.5 Å². The number of halogens is 6. The van der Waals surface area contributed by atoms with Gasteiger partial charge in [0, 0.05) is 44.7 Å². The molecule has 10 heteroatoms. The Morgan fingerprint density at radius 1 is 0.700 bits per heavy atom. The monoisotopic (exact) mass is 562 g/mol. The molecule has 0 atom stereocenters.